The van der Waals surface area contributed by atoms with Crippen molar-refractivity contribution in [3.8, 4) is 5.75 Å². The molecule has 0 heterocycles. The summed E-state index contributed by atoms with van der Waals surface area (Å²) in [4.78, 5) is 12.0. The van der Waals surface area contributed by atoms with Gasteiger partial charge in [-0.25, -0.2) is 0 Å². The van der Waals surface area contributed by atoms with E-state index >= 15 is 0 Å². The molecule has 0 aromatic heterocycles. The number of hydrogen-bond acceptors (Lipinski definition) is 2. The van der Waals surface area contributed by atoms with Crippen LogP contribution in [0.3, 0.4) is 0 Å². The van der Waals surface area contributed by atoms with Gasteiger partial charge in [0.25, 0.3) is 0 Å². The molecule has 0 aliphatic heterocycles. The van der Waals surface area contributed by atoms with Crippen LogP contribution in [0.5, 0.6) is 5.75 Å². The zero-order valence-corrected chi connectivity index (χ0v) is 11.7. The zero-order chi connectivity index (χ0) is 13.1. The average molecular weight is 275 g/mol. The minimum Gasteiger partial charge on any atom is -0.481 e. The first-order chi connectivity index (χ1) is 7.84. The summed E-state index contributed by atoms with van der Waals surface area (Å²) < 4.78 is 5.57. The molecule has 0 radical (unpaired) electrons. The number of benzene rings is 1. The van der Waals surface area contributed by atoms with Crippen LogP contribution in [-0.2, 0) is 4.79 Å². The van der Waals surface area contributed by atoms with Gasteiger partial charge in [-0.05, 0) is 18.2 Å². The molecule has 0 aliphatic rings. The summed E-state index contributed by atoms with van der Waals surface area (Å²) in [6.45, 7) is 5.53. The Morgan fingerprint density at radius 2 is 2.06 bits per heavy atom. The summed E-state index contributed by atoms with van der Waals surface area (Å²) >= 11 is 11.6. The second-order valence-corrected chi connectivity index (χ2v) is 5.58. The SMILES string of the molecule is CC(C)(C)C(=O)C(CCl)Oc1cccc(Cl)c1. The second-order valence-electron chi connectivity index (χ2n) is 4.83. The molecular formula is C13H16Cl2O2. The van der Waals surface area contributed by atoms with Crippen molar-refractivity contribution in [2.24, 2.45) is 5.41 Å². The van der Waals surface area contributed by atoms with E-state index in [9.17, 15) is 4.79 Å². The van der Waals surface area contributed by atoms with Gasteiger partial charge in [0.1, 0.15) is 5.75 Å². The van der Waals surface area contributed by atoms with E-state index in [2.05, 4.69) is 0 Å². The lowest BCUT2D eigenvalue weighted by Gasteiger charge is -2.23. The maximum atomic E-state index is 12.0. The molecule has 2 nitrogen and oxygen atoms in total. The van der Waals surface area contributed by atoms with Crippen molar-refractivity contribution in [1.82, 2.24) is 0 Å². The summed E-state index contributed by atoms with van der Waals surface area (Å²) in [6, 6.07) is 6.93. The van der Waals surface area contributed by atoms with Crippen LogP contribution < -0.4 is 4.74 Å². The predicted octanol–water partition coefficient (Wildman–Crippen LogP) is 3.94. The van der Waals surface area contributed by atoms with Crippen LogP contribution in [0.2, 0.25) is 5.02 Å². The second kappa shape index (κ2) is 5.74. The first-order valence-electron chi connectivity index (χ1n) is 5.37. The molecule has 0 amide bonds. The predicted molar refractivity (Wildman–Crippen MR) is 71.1 cm³/mol. The van der Waals surface area contributed by atoms with Crippen LogP contribution in [0.4, 0.5) is 0 Å². The summed E-state index contributed by atoms with van der Waals surface area (Å²) in [6.07, 6.45) is -0.643. The summed E-state index contributed by atoms with van der Waals surface area (Å²) in [5, 5.41) is 0.569. The molecule has 0 saturated carbocycles. The van der Waals surface area contributed by atoms with Gasteiger partial charge in [-0.3, -0.25) is 4.79 Å². The van der Waals surface area contributed by atoms with Crippen molar-refractivity contribution < 1.29 is 9.53 Å². The molecule has 1 rings (SSSR count). The number of halogens is 2. The number of ketones is 1. The Morgan fingerprint density at radius 1 is 1.41 bits per heavy atom. The third kappa shape index (κ3) is 4.21. The quantitative estimate of drug-likeness (QED) is 0.778. The van der Waals surface area contributed by atoms with E-state index < -0.39 is 11.5 Å². The fourth-order valence-electron chi connectivity index (χ4n) is 1.34. The number of hydrogen-bond donors (Lipinski definition) is 0. The van der Waals surface area contributed by atoms with E-state index in [1.807, 2.05) is 20.8 Å². The van der Waals surface area contributed by atoms with Gasteiger partial charge in [-0.2, -0.15) is 0 Å². The first-order valence-corrected chi connectivity index (χ1v) is 6.28. The Kier molecular flexibility index (Phi) is 4.84. The maximum absolute atomic E-state index is 12.0. The molecule has 1 aromatic carbocycles. The molecule has 0 saturated heterocycles. The molecule has 0 aliphatic carbocycles. The van der Waals surface area contributed by atoms with Crippen molar-refractivity contribution >= 4 is 29.0 Å². The maximum Gasteiger partial charge on any atom is 0.179 e. The standard InChI is InChI=1S/C13H16Cl2O2/c1-13(2,3)12(16)11(8-14)17-10-6-4-5-9(15)7-10/h4-7,11H,8H2,1-3H3. The van der Waals surface area contributed by atoms with E-state index in [-0.39, 0.29) is 11.7 Å². The fourth-order valence-corrected chi connectivity index (χ4v) is 1.73. The van der Waals surface area contributed by atoms with Gasteiger partial charge in [-0.1, -0.05) is 38.4 Å². The van der Waals surface area contributed by atoms with Crippen LogP contribution in [0, 0.1) is 5.41 Å². The lowest BCUT2D eigenvalue weighted by Crippen LogP contribution is -2.37. The monoisotopic (exact) mass is 274 g/mol. The van der Waals surface area contributed by atoms with E-state index in [4.69, 9.17) is 27.9 Å². The molecule has 0 bridgehead atoms. The van der Waals surface area contributed by atoms with Gasteiger partial charge in [-0.15, -0.1) is 11.6 Å². The zero-order valence-electron chi connectivity index (χ0n) is 10.2. The van der Waals surface area contributed by atoms with Crippen LogP contribution in [0.25, 0.3) is 0 Å². The molecule has 17 heavy (non-hydrogen) atoms. The molecular weight excluding hydrogens is 259 g/mol. The van der Waals surface area contributed by atoms with Crippen molar-refractivity contribution in [1.29, 1.82) is 0 Å². The topological polar surface area (TPSA) is 26.3 Å². The minimum absolute atomic E-state index is 0.0209. The normalized spacial score (nSPS) is 13.2. The Morgan fingerprint density at radius 3 is 2.53 bits per heavy atom. The highest BCUT2D eigenvalue weighted by Crippen LogP contribution is 2.23. The third-order valence-electron chi connectivity index (χ3n) is 2.25. The van der Waals surface area contributed by atoms with Gasteiger partial charge in [0.05, 0.1) is 5.88 Å². The summed E-state index contributed by atoms with van der Waals surface area (Å²) in [7, 11) is 0. The molecule has 0 N–H and O–H groups in total. The first kappa shape index (κ1) is 14.3. The Balaban J connectivity index is 2.81. The van der Waals surface area contributed by atoms with Crippen LogP contribution in [0.15, 0.2) is 24.3 Å². The molecule has 1 aromatic rings. The number of rotatable bonds is 4. The minimum atomic E-state index is -0.643. The van der Waals surface area contributed by atoms with E-state index in [0.717, 1.165) is 0 Å². The van der Waals surface area contributed by atoms with Gasteiger partial charge >= 0.3 is 0 Å². The Hall–Kier alpha value is -0.730. The van der Waals surface area contributed by atoms with Crippen molar-refractivity contribution in [3.05, 3.63) is 29.3 Å². The highest BCUT2D eigenvalue weighted by molar-refractivity contribution is 6.30. The van der Waals surface area contributed by atoms with E-state index in [1.165, 1.54) is 0 Å². The van der Waals surface area contributed by atoms with Crippen molar-refractivity contribution in [2.75, 3.05) is 5.88 Å². The molecule has 4 heteroatoms. The van der Waals surface area contributed by atoms with Crippen molar-refractivity contribution in [3.63, 3.8) is 0 Å². The number of carbonyl (C=O) groups is 1. The average Bonchev–Trinajstić information content (AvgIpc) is 2.24. The lowest BCUT2D eigenvalue weighted by molar-refractivity contribution is -0.132. The van der Waals surface area contributed by atoms with Crippen LogP contribution >= 0.6 is 23.2 Å². The smallest absolute Gasteiger partial charge is 0.179 e. The summed E-state index contributed by atoms with van der Waals surface area (Å²) in [5.74, 6) is 0.663. The Labute approximate surface area is 112 Å². The number of ether oxygens (including phenoxy) is 1. The highest BCUT2D eigenvalue weighted by atomic mass is 35.5. The number of alkyl halides is 1. The summed E-state index contributed by atoms with van der Waals surface area (Å²) in [5.41, 5.74) is -0.474. The highest BCUT2D eigenvalue weighted by Gasteiger charge is 2.30. The van der Waals surface area contributed by atoms with E-state index in [1.54, 1.807) is 24.3 Å². The van der Waals surface area contributed by atoms with Crippen molar-refractivity contribution in [2.45, 2.75) is 26.9 Å². The van der Waals surface area contributed by atoms with Gasteiger partial charge in [0, 0.05) is 10.4 Å². The molecule has 1 unspecified atom stereocenters. The Bertz CT molecular complexity index is 397. The van der Waals surface area contributed by atoms with E-state index in [0.29, 0.717) is 10.8 Å². The van der Waals surface area contributed by atoms with Gasteiger partial charge < -0.3 is 4.74 Å². The number of Topliss-reactive ketones (excluding diaryl/α,β-unsaturated/α-hetero) is 1. The third-order valence-corrected chi connectivity index (χ3v) is 2.76. The number of carbonyl (C=O) groups excluding carboxylic acids is 1. The van der Waals surface area contributed by atoms with Gasteiger partial charge in [0.15, 0.2) is 11.9 Å². The lowest BCUT2D eigenvalue weighted by atomic mass is 9.88. The molecule has 1 atom stereocenters. The molecule has 94 valence electrons. The molecule has 0 fully saturated rings. The molecule has 0 spiro atoms. The largest absolute Gasteiger partial charge is 0.481 e. The fraction of sp³-hybridized carbons (Fsp3) is 0.462. The van der Waals surface area contributed by atoms with Crippen LogP contribution in [-0.4, -0.2) is 17.8 Å². The van der Waals surface area contributed by atoms with Crippen LogP contribution in [0.1, 0.15) is 20.8 Å². The van der Waals surface area contributed by atoms with Gasteiger partial charge in [0.2, 0.25) is 0 Å².